The molecule has 0 bridgehead atoms. The molecule has 9 heavy (non-hydrogen) atoms. The van der Waals surface area contributed by atoms with E-state index in [0.29, 0.717) is 0 Å². The first-order valence-corrected chi connectivity index (χ1v) is 2.34. The van der Waals surface area contributed by atoms with Crippen LogP contribution in [-0.4, -0.2) is 10.9 Å². The molecule has 0 saturated carbocycles. The van der Waals surface area contributed by atoms with Gasteiger partial charge in [-0.3, -0.25) is 4.79 Å². The van der Waals surface area contributed by atoms with Crippen molar-refractivity contribution in [3.05, 3.63) is 23.8 Å². The molecule has 1 rings (SSSR count). The highest BCUT2D eigenvalue weighted by Gasteiger charge is 2.01. The van der Waals surface area contributed by atoms with Crippen LogP contribution in [0.2, 0.25) is 0 Å². The van der Waals surface area contributed by atoms with E-state index in [9.17, 15) is 9.18 Å². The first kappa shape index (κ1) is 5.81. The number of H-pyrrole nitrogens is 1. The molecule has 1 amide bonds. The van der Waals surface area contributed by atoms with Crippen molar-refractivity contribution in [2.45, 2.75) is 0 Å². The van der Waals surface area contributed by atoms with E-state index in [0.717, 1.165) is 12.3 Å². The van der Waals surface area contributed by atoms with E-state index in [4.69, 9.17) is 5.73 Å². The monoisotopic (exact) mass is 128 g/mol. The van der Waals surface area contributed by atoms with Crippen molar-refractivity contribution in [1.29, 1.82) is 0 Å². The van der Waals surface area contributed by atoms with Crippen molar-refractivity contribution in [2.24, 2.45) is 5.73 Å². The summed E-state index contributed by atoms with van der Waals surface area (Å²) in [6, 6.07) is 1.04. The number of nitrogens with one attached hydrogen (secondary N) is 1. The summed E-state index contributed by atoms with van der Waals surface area (Å²) in [6.07, 6.45) is 1.07. The van der Waals surface area contributed by atoms with Gasteiger partial charge in [0.2, 0.25) is 0 Å². The smallest absolute Gasteiger partial charge is 0.265 e. The molecular formula is C5H5FN2O. The lowest BCUT2D eigenvalue weighted by molar-refractivity contribution is 0.0996. The van der Waals surface area contributed by atoms with Gasteiger partial charge in [0.05, 0.1) is 0 Å². The van der Waals surface area contributed by atoms with Gasteiger partial charge in [0.15, 0.2) is 0 Å². The van der Waals surface area contributed by atoms with Gasteiger partial charge in [0.25, 0.3) is 5.91 Å². The molecule has 0 radical (unpaired) electrons. The second-order valence-electron chi connectivity index (χ2n) is 1.60. The fourth-order valence-electron chi connectivity index (χ4n) is 0.510. The fourth-order valence-corrected chi connectivity index (χ4v) is 0.510. The molecule has 0 aromatic carbocycles. The number of carbonyl (C=O) groups is 1. The zero-order valence-electron chi connectivity index (χ0n) is 4.52. The third kappa shape index (κ3) is 1.07. The summed E-state index contributed by atoms with van der Waals surface area (Å²) in [5, 5.41) is 0. The average Bonchev–Trinajstić information content (AvgIpc) is 2.14. The summed E-state index contributed by atoms with van der Waals surface area (Å²) < 4.78 is 12.0. The highest BCUT2D eigenvalue weighted by atomic mass is 19.1. The van der Waals surface area contributed by atoms with E-state index in [-0.39, 0.29) is 5.69 Å². The Hall–Kier alpha value is -1.32. The number of hydrogen-bond acceptors (Lipinski definition) is 1. The average molecular weight is 128 g/mol. The minimum atomic E-state index is -0.654. The largest absolute Gasteiger partial charge is 0.364 e. The molecule has 0 aliphatic rings. The Morgan fingerprint density at radius 3 is 2.67 bits per heavy atom. The lowest BCUT2D eigenvalue weighted by Crippen LogP contribution is -2.10. The maximum atomic E-state index is 12.0. The zero-order chi connectivity index (χ0) is 6.85. The molecule has 4 heteroatoms. The number of primary amides is 1. The van der Waals surface area contributed by atoms with Crippen LogP contribution >= 0.6 is 0 Å². The predicted molar refractivity (Wildman–Crippen MR) is 29.3 cm³/mol. The molecule has 1 heterocycles. The van der Waals surface area contributed by atoms with Gasteiger partial charge in [-0.05, 0) is 0 Å². The summed E-state index contributed by atoms with van der Waals surface area (Å²) in [4.78, 5) is 12.6. The van der Waals surface area contributed by atoms with Gasteiger partial charge in [-0.1, -0.05) is 0 Å². The number of aromatic nitrogens is 1. The topological polar surface area (TPSA) is 58.9 Å². The van der Waals surface area contributed by atoms with Gasteiger partial charge in [-0.25, -0.2) is 4.39 Å². The third-order valence-corrected chi connectivity index (χ3v) is 0.913. The predicted octanol–water partition coefficient (Wildman–Crippen LogP) is 0.253. The Kier molecular flexibility index (Phi) is 1.22. The molecule has 0 unspecified atom stereocenters. The number of carbonyl (C=O) groups excluding carboxylic acids is 1. The van der Waals surface area contributed by atoms with Crippen LogP contribution in [0, 0.1) is 5.82 Å². The number of rotatable bonds is 1. The van der Waals surface area contributed by atoms with Crippen LogP contribution in [0.5, 0.6) is 0 Å². The van der Waals surface area contributed by atoms with Crippen LogP contribution < -0.4 is 5.73 Å². The van der Waals surface area contributed by atoms with Gasteiger partial charge in [-0.15, -0.1) is 0 Å². The van der Waals surface area contributed by atoms with Crippen LogP contribution in [0.4, 0.5) is 4.39 Å². The number of halogens is 1. The van der Waals surface area contributed by atoms with Gasteiger partial charge in [0.1, 0.15) is 11.5 Å². The summed E-state index contributed by atoms with van der Waals surface area (Å²) in [7, 11) is 0. The van der Waals surface area contributed by atoms with Gasteiger partial charge < -0.3 is 10.7 Å². The molecule has 1 aromatic heterocycles. The number of amides is 1. The van der Waals surface area contributed by atoms with E-state index in [1.165, 1.54) is 0 Å². The number of hydrogen-bond donors (Lipinski definition) is 2. The second kappa shape index (κ2) is 1.89. The standard InChI is InChI=1S/C5H5FN2O/c6-3-1-4(5(7)9)8-2-3/h1-2,8H,(H2,7,9). The second-order valence-corrected chi connectivity index (χ2v) is 1.60. The Morgan fingerprint density at radius 1 is 1.78 bits per heavy atom. The van der Waals surface area contributed by atoms with E-state index >= 15 is 0 Å². The Bertz CT molecular complexity index is 231. The van der Waals surface area contributed by atoms with Gasteiger partial charge >= 0.3 is 0 Å². The normalized spacial score (nSPS) is 9.44. The molecule has 0 spiro atoms. The van der Waals surface area contributed by atoms with E-state index < -0.39 is 11.7 Å². The molecule has 0 fully saturated rings. The van der Waals surface area contributed by atoms with Crippen LogP contribution in [0.1, 0.15) is 10.5 Å². The Morgan fingerprint density at radius 2 is 2.44 bits per heavy atom. The highest BCUT2D eigenvalue weighted by Crippen LogP contribution is 1.98. The fraction of sp³-hybridized carbons (Fsp3) is 0. The van der Waals surface area contributed by atoms with Crippen molar-refractivity contribution in [3.8, 4) is 0 Å². The van der Waals surface area contributed by atoms with Gasteiger partial charge in [0, 0.05) is 12.3 Å². The van der Waals surface area contributed by atoms with Crippen molar-refractivity contribution in [3.63, 3.8) is 0 Å². The molecular weight excluding hydrogens is 123 g/mol. The van der Waals surface area contributed by atoms with Crippen molar-refractivity contribution >= 4 is 5.91 Å². The summed E-state index contributed by atoms with van der Waals surface area (Å²) >= 11 is 0. The minimum Gasteiger partial charge on any atom is -0.364 e. The molecule has 0 atom stereocenters. The molecule has 0 aliphatic heterocycles. The number of nitrogens with two attached hydrogens (primary N) is 1. The number of aromatic amines is 1. The Labute approximate surface area is 50.7 Å². The SMILES string of the molecule is NC(=O)c1cc(F)c[nH]1. The molecule has 0 aliphatic carbocycles. The maximum Gasteiger partial charge on any atom is 0.265 e. The van der Waals surface area contributed by atoms with Crippen molar-refractivity contribution < 1.29 is 9.18 Å². The lowest BCUT2D eigenvalue weighted by atomic mass is 10.4. The lowest BCUT2D eigenvalue weighted by Gasteiger charge is -1.82. The molecule has 3 nitrogen and oxygen atoms in total. The summed E-state index contributed by atoms with van der Waals surface area (Å²) in [5.74, 6) is -1.14. The molecule has 3 N–H and O–H groups in total. The summed E-state index contributed by atoms with van der Waals surface area (Å²) in [5.41, 5.74) is 4.88. The molecule has 1 aromatic rings. The van der Waals surface area contributed by atoms with Gasteiger partial charge in [-0.2, -0.15) is 0 Å². The van der Waals surface area contributed by atoms with Crippen molar-refractivity contribution in [2.75, 3.05) is 0 Å². The summed E-state index contributed by atoms with van der Waals surface area (Å²) in [6.45, 7) is 0. The van der Waals surface area contributed by atoms with Crippen LogP contribution in [0.3, 0.4) is 0 Å². The van der Waals surface area contributed by atoms with Crippen LogP contribution in [0.15, 0.2) is 12.3 Å². The third-order valence-electron chi connectivity index (χ3n) is 0.913. The minimum absolute atomic E-state index is 0.0903. The maximum absolute atomic E-state index is 12.0. The molecule has 0 saturated heterocycles. The zero-order valence-corrected chi connectivity index (χ0v) is 4.52. The Balaban J connectivity index is 2.98. The van der Waals surface area contributed by atoms with Crippen LogP contribution in [0.25, 0.3) is 0 Å². The van der Waals surface area contributed by atoms with E-state index in [1.807, 2.05) is 0 Å². The highest BCUT2D eigenvalue weighted by molar-refractivity contribution is 5.90. The first-order chi connectivity index (χ1) is 4.20. The van der Waals surface area contributed by atoms with E-state index in [2.05, 4.69) is 4.98 Å². The molecule has 48 valence electrons. The quantitative estimate of drug-likeness (QED) is 0.559. The van der Waals surface area contributed by atoms with E-state index in [1.54, 1.807) is 0 Å². The first-order valence-electron chi connectivity index (χ1n) is 2.34. The van der Waals surface area contributed by atoms with Crippen molar-refractivity contribution in [1.82, 2.24) is 4.98 Å². The van der Waals surface area contributed by atoms with Crippen LogP contribution in [-0.2, 0) is 0 Å².